The van der Waals surface area contributed by atoms with Crippen LogP contribution in [-0.2, 0) is 11.4 Å². The molecule has 3 aromatic rings. The third-order valence-corrected chi connectivity index (χ3v) is 5.99. The summed E-state index contributed by atoms with van der Waals surface area (Å²) in [5, 5.41) is 13.4. The van der Waals surface area contributed by atoms with Crippen LogP contribution in [0.25, 0.3) is 6.08 Å². The van der Waals surface area contributed by atoms with Gasteiger partial charge in [0, 0.05) is 21.3 Å². The Labute approximate surface area is 228 Å². The lowest BCUT2D eigenvalue weighted by Crippen LogP contribution is -2.13. The largest absolute Gasteiger partial charge is 0.490 e. The van der Waals surface area contributed by atoms with Crippen molar-refractivity contribution in [3.63, 3.8) is 0 Å². The molecule has 0 atom stereocenters. The molecule has 0 spiro atoms. The van der Waals surface area contributed by atoms with Gasteiger partial charge in [-0.05, 0) is 89.9 Å². The number of benzene rings is 3. The second kappa shape index (κ2) is 13.2. The minimum absolute atomic E-state index is 0.0637. The highest BCUT2D eigenvalue weighted by molar-refractivity contribution is 9.10. The maximum atomic E-state index is 12.7. The molecule has 3 aromatic carbocycles. The van der Waals surface area contributed by atoms with Gasteiger partial charge < -0.3 is 19.5 Å². The van der Waals surface area contributed by atoms with Gasteiger partial charge in [-0.2, -0.15) is 5.26 Å². The SMILES string of the molecule is CCOc1cc(/C=C(\C#N)C(=O)Nc2ccc(OCc3ccc(Cl)cc3Cl)cc2)cc(Br)c1OCC. The molecule has 0 aliphatic carbocycles. The van der Waals surface area contributed by atoms with Crippen LogP contribution in [0.2, 0.25) is 10.0 Å². The van der Waals surface area contributed by atoms with Crippen LogP contribution in [0.3, 0.4) is 0 Å². The van der Waals surface area contributed by atoms with Gasteiger partial charge in [-0.15, -0.1) is 0 Å². The minimum Gasteiger partial charge on any atom is -0.490 e. The Hall–Kier alpha value is -3.18. The van der Waals surface area contributed by atoms with Crippen LogP contribution < -0.4 is 19.5 Å². The zero-order chi connectivity index (χ0) is 26.1. The quantitative estimate of drug-likeness (QED) is 0.194. The van der Waals surface area contributed by atoms with Gasteiger partial charge in [0.05, 0.1) is 17.7 Å². The first-order valence-corrected chi connectivity index (χ1v) is 12.6. The van der Waals surface area contributed by atoms with Gasteiger partial charge in [0.1, 0.15) is 24.0 Å². The molecule has 0 aromatic heterocycles. The number of nitriles is 1. The van der Waals surface area contributed by atoms with E-state index in [-0.39, 0.29) is 12.2 Å². The van der Waals surface area contributed by atoms with E-state index in [1.54, 1.807) is 54.6 Å². The van der Waals surface area contributed by atoms with Crippen molar-refractivity contribution in [2.45, 2.75) is 20.5 Å². The maximum absolute atomic E-state index is 12.7. The van der Waals surface area contributed by atoms with Gasteiger partial charge in [-0.3, -0.25) is 4.79 Å². The van der Waals surface area contributed by atoms with E-state index >= 15 is 0 Å². The van der Waals surface area contributed by atoms with Crippen LogP contribution in [0.15, 0.2) is 64.6 Å². The van der Waals surface area contributed by atoms with Gasteiger partial charge in [-0.1, -0.05) is 29.3 Å². The predicted octanol–water partition coefficient (Wildman–Crippen LogP) is 7.68. The standard InChI is InChI=1S/C27H23BrCl2N2O4/c1-3-34-25-13-17(12-23(28)26(25)35-4-2)11-19(15-31)27(33)32-21-7-9-22(10-8-21)36-16-18-5-6-20(29)14-24(18)30/h5-14H,3-4,16H2,1-2H3,(H,32,33)/b19-11+. The first kappa shape index (κ1) is 27.4. The normalized spacial score (nSPS) is 10.9. The number of halogens is 3. The first-order chi connectivity index (χ1) is 17.3. The van der Waals surface area contributed by atoms with Crippen LogP contribution in [0, 0.1) is 11.3 Å². The summed E-state index contributed by atoms with van der Waals surface area (Å²) in [6.45, 7) is 4.92. The molecule has 1 amide bonds. The summed E-state index contributed by atoms with van der Waals surface area (Å²) < 4.78 is 17.7. The number of nitrogens with zero attached hydrogens (tertiary/aromatic N) is 1. The molecule has 0 fully saturated rings. The molecule has 186 valence electrons. The van der Waals surface area contributed by atoms with Gasteiger partial charge in [0.25, 0.3) is 5.91 Å². The number of nitrogens with one attached hydrogen (secondary N) is 1. The van der Waals surface area contributed by atoms with Crippen molar-refractivity contribution in [2.75, 3.05) is 18.5 Å². The van der Waals surface area contributed by atoms with Crippen molar-refractivity contribution in [3.05, 3.63) is 85.8 Å². The Morgan fingerprint density at radius 1 is 1.03 bits per heavy atom. The Balaban J connectivity index is 1.69. The smallest absolute Gasteiger partial charge is 0.266 e. The van der Waals surface area contributed by atoms with Gasteiger partial charge in [0.15, 0.2) is 11.5 Å². The number of carbonyl (C=O) groups excluding carboxylic acids is 1. The molecule has 0 bridgehead atoms. The van der Waals surface area contributed by atoms with Crippen LogP contribution >= 0.6 is 39.1 Å². The van der Waals surface area contributed by atoms with Crippen molar-refractivity contribution in [3.8, 4) is 23.3 Å². The van der Waals surface area contributed by atoms with Crippen molar-refractivity contribution in [1.82, 2.24) is 0 Å². The van der Waals surface area contributed by atoms with Gasteiger partial charge in [0.2, 0.25) is 0 Å². The number of hydrogen-bond acceptors (Lipinski definition) is 5. The average Bonchev–Trinajstić information content (AvgIpc) is 2.85. The molecular weight excluding hydrogens is 567 g/mol. The fourth-order valence-electron chi connectivity index (χ4n) is 3.17. The summed E-state index contributed by atoms with van der Waals surface area (Å²) in [7, 11) is 0. The van der Waals surface area contributed by atoms with Crippen LogP contribution in [0.5, 0.6) is 17.2 Å². The van der Waals surface area contributed by atoms with Gasteiger partial charge >= 0.3 is 0 Å². The van der Waals surface area contributed by atoms with E-state index in [0.29, 0.717) is 56.2 Å². The highest BCUT2D eigenvalue weighted by atomic mass is 79.9. The molecule has 0 saturated carbocycles. The van der Waals surface area contributed by atoms with E-state index in [0.717, 1.165) is 5.56 Å². The first-order valence-electron chi connectivity index (χ1n) is 11.0. The Kier molecular flexibility index (Phi) is 10.1. The number of amides is 1. The van der Waals surface area contributed by atoms with Crippen molar-refractivity contribution in [1.29, 1.82) is 5.26 Å². The van der Waals surface area contributed by atoms with E-state index in [1.165, 1.54) is 6.08 Å². The van der Waals surface area contributed by atoms with E-state index < -0.39 is 5.91 Å². The minimum atomic E-state index is -0.540. The van der Waals surface area contributed by atoms with Crippen LogP contribution in [0.4, 0.5) is 5.69 Å². The number of ether oxygens (including phenoxy) is 3. The summed E-state index contributed by atoms with van der Waals surface area (Å²) in [6, 6.07) is 17.4. The van der Waals surface area contributed by atoms with E-state index in [9.17, 15) is 10.1 Å². The summed E-state index contributed by atoms with van der Waals surface area (Å²) in [6.07, 6.45) is 1.49. The number of anilines is 1. The fourth-order valence-corrected chi connectivity index (χ4v) is 4.20. The van der Waals surface area contributed by atoms with E-state index in [2.05, 4.69) is 21.2 Å². The molecule has 3 rings (SSSR count). The Morgan fingerprint density at radius 2 is 1.75 bits per heavy atom. The highest BCUT2D eigenvalue weighted by Crippen LogP contribution is 2.37. The molecule has 0 radical (unpaired) electrons. The molecule has 1 N–H and O–H groups in total. The monoisotopic (exact) mass is 588 g/mol. The topological polar surface area (TPSA) is 80.6 Å². The van der Waals surface area contributed by atoms with Crippen molar-refractivity contribution in [2.24, 2.45) is 0 Å². The predicted molar refractivity (Wildman–Crippen MR) is 146 cm³/mol. The lowest BCUT2D eigenvalue weighted by Gasteiger charge is -2.13. The second-order valence-corrected chi connectivity index (χ2v) is 9.07. The Bertz CT molecular complexity index is 1300. The number of hydrogen-bond donors (Lipinski definition) is 1. The summed E-state index contributed by atoms with van der Waals surface area (Å²) in [5.41, 5.74) is 1.87. The van der Waals surface area contributed by atoms with E-state index in [1.807, 2.05) is 19.9 Å². The number of rotatable bonds is 10. The summed E-state index contributed by atoms with van der Waals surface area (Å²) in [4.78, 5) is 12.7. The maximum Gasteiger partial charge on any atom is 0.266 e. The Morgan fingerprint density at radius 3 is 2.39 bits per heavy atom. The zero-order valence-electron chi connectivity index (χ0n) is 19.6. The fraction of sp³-hybridized carbons (Fsp3) is 0.185. The lowest BCUT2D eigenvalue weighted by atomic mass is 10.1. The number of carbonyl (C=O) groups is 1. The third-order valence-electron chi connectivity index (χ3n) is 4.82. The van der Waals surface area contributed by atoms with Crippen molar-refractivity contribution < 1.29 is 19.0 Å². The van der Waals surface area contributed by atoms with E-state index in [4.69, 9.17) is 37.4 Å². The van der Waals surface area contributed by atoms with Crippen molar-refractivity contribution >= 4 is 56.8 Å². The van der Waals surface area contributed by atoms with Crippen LogP contribution in [-0.4, -0.2) is 19.1 Å². The lowest BCUT2D eigenvalue weighted by molar-refractivity contribution is -0.112. The molecule has 0 aliphatic rings. The molecular formula is C27H23BrCl2N2O4. The second-order valence-electron chi connectivity index (χ2n) is 7.37. The highest BCUT2D eigenvalue weighted by Gasteiger charge is 2.14. The molecule has 9 heteroatoms. The van der Waals surface area contributed by atoms with Crippen LogP contribution in [0.1, 0.15) is 25.0 Å². The molecule has 0 aliphatic heterocycles. The summed E-state index contributed by atoms with van der Waals surface area (Å²) in [5.74, 6) is 1.15. The molecule has 0 unspecified atom stereocenters. The summed E-state index contributed by atoms with van der Waals surface area (Å²) >= 11 is 15.6. The molecule has 36 heavy (non-hydrogen) atoms. The third kappa shape index (κ3) is 7.41. The molecule has 0 heterocycles. The molecule has 6 nitrogen and oxygen atoms in total. The average molecular weight is 590 g/mol. The van der Waals surface area contributed by atoms with Gasteiger partial charge in [-0.25, -0.2) is 0 Å². The molecule has 0 saturated heterocycles. The zero-order valence-corrected chi connectivity index (χ0v) is 22.7.